The lowest BCUT2D eigenvalue weighted by Crippen LogP contribution is -1.93. The number of benzene rings is 3. The van der Waals surface area contributed by atoms with E-state index in [-0.39, 0.29) is 0 Å². The number of unbranched alkanes of at least 4 members (excludes halogenated alkanes) is 3. The zero-order valence-corrected chi connectivity index (χ0v) is 20.3. The molecule has 0 aliphatic rings. The van der Waals surface area contributed by atoms with Crippen molar-refractivity contribution >= 4 is 45.8 Å². The van der Waals surface area contributed by atoms with Gasteiger partial charge in [-0.1, -0.05) is 74.7 Å². The Hall–Kier alpha value is -2.49. The Kier molecular flexibility index (Phi) is 6.38. The van der Waals surface area contributed by atoms with Gasteiger partial charge in [-0.25, -0.2) is 0 Å². The molecule has 0 spiro atoms. The number of rotatable bonds is 8. The summed E-state index contributed by atoms with van der Waals surface area (Å²) in [5.41, 5.74) is 6.53. The van der Waals surface area contributed by atoms with Gasteiger partial charge < -0.3 is 4.57 Å². The van der Waals surface area contributed by atoms with E-state index in [1.165, 1.54) is 74.1 Å². The number of thiophene rings is 1. The summed E-state index contributed by atoms with van der Waals surface area (Å²) in [6, 6.07) is 28.9. The van der Waals surface area contributed by atoms with E-state index in [1.54, 1.807) is 0 Å². The third-order valence-electron chi connectivity index (χ3n) is 6.28. The van der Waals surface area contributed by atoms with E-state index in [4.69, 9.17) is 0 Å². The molecule has 2 heterocycles. The molecule has 5 rings (SSSR count). The Morgan fingerprint density at radius 3 is 2.06 bits per heavy atom. The third-order valence-corrected chi connectivity index (χ3v) is 8.06. The molecule has 162 valence electrons. The van der Waals surface area contributed by atoms with E-state index in [2.05, 4.69) is 103 Å². The van der Waals surface area contributed by atoms with Crippen LogP contribution in [0.5, 0.6) is 0 Å². The van der Waals surface area contributed by atoms with Gasteiger partial charge in [0.2, 0.25) is 0 Å². The summed E-state index contributed by atoms with van der Waals surface area (Å²) in [5, 5.41) is 2.61. The first kappa shape index (κ1) is 21.4. The molecule has 0 atom stereocenters. The highest BCUT2D eigenvalue weighted by Gasteiger charge is 2.13. The minimum atomic E-state index is 0.812. The highest BCUT2D eigenvalue weighted by atomic mass is 32.1. The predicted octanol–water partition coefficient (Wildman–Crippen LogP) is 9.06. The molecule has 0 bridgehead atoms. The summed E-state index contributed by atoms with van der Waals surface area (Å²) in [5.74, 6) is 0.812. The van der Waals surface area contributed by atoms with E-state index >= 15 is 0 Å². The molecule has 2 aromatic heterocycles. The number of aryl methyl sites for hydroxylation is 1. The molecule has 0 radical (unpaired) electrons. The molecule has 0 amide bonds. The van der Waals surface area contributed by atoms with E-state index in [0.29, 0.717) is 0 Å². The van der Waals surface area contributed by atoms with Crippen LogP contribution in [0.15, 0.2) is 78.9 Å². The standard InChI is InChI=1S/C29H29NS2/c1-2-3-4-5-10-22-19-24(20-31)32-29(22)21-15-17-23(18-16-21)30-27-13-8-6-11-25(27)26-12-7-9-14-28(26)30/h6-9,11-19,31H,2-5,10,20H2,1H3. The molecule has 0 fully saturated rings. The van der Waals surface area contributed by atoms with Crippen molar-refractivity contribution in [3.05, 3.63) is 89.3 Å². The first-order valence-electron chi connectivity index (χ1n) is 11.6. The van der Waals surface area contributed by atoms with Gasteiger partial charge >= 0.3 is 0 Å². The van der Waals surface area contributed by atoms with Crippen LogP contribution in [0, 0.1) is 0 Å². The lowest BCUT2D eigenvalue weighted by molar-refractivity contribution is 0.668. The summed E-state index contributed by atoms with van der Waals surface area (Å²) in [4.78, 5) is 2.78. The number of nitrogens with zero attached hydrogens (tertiary/aromatic N) is 1. The number of para-hydroxylation sites is 2. The summed E-state index contributed by atoms with van der Waals surface area (Å²) in [6.07, 6.45) is 6.35. The molecule has 0 aliphatic heterocycles. The maximum absolute atomic E-state index is 4.54. The molecule has 5 aromatic rings. The van der Waals surface area contributed by atoms with Gasteiger partial charge in [-0.2, -0.15) is 12.6 Å². The van der Waals surface area contributed by atoms with Gasteiger partial charge in [0, 0.05) is 32.0 Å². The lowest BCUT2D eigenvalue weighted by atomic mass is 10.0. The maximum atomic E-state index is 4.54. The van der Waals surface area contributed by atoms with Crippen LogP contribution in [0.1, 0.15) is 43.0 Å². The molecule has 1 nitrogen and oxygen atoms in total. The highest BCUT2D eigenvalue weighted by Crippen LogP contribution is 2.36. The van der Waals surface area contributed by atoms with E-state index in [9.17, 15) is 0 Å². The smallest absolute Gasteiger partial charge is 0.0541 e. The van der Waals surface area contributed by atoms with Crippen molar-refractivity contribution in [1.82, 2.24) is 4.57 Å². The SMILES string of the molecule is CCCCCCc1cc(CS)sc1-c1ccc(-n2c3ccccc3c3ccccc32)cc1. The second-order valence-corrected chi connectivity index (χ2v) is 9.91. The summed E-state index contributed by atoms with van der Waals surface area (Å²) in [6.45, 7) is 2.27. The maximum Gasteiger partial charge on any atom is 0.0541 e. The van der Waals surface area contributed by atoms with Gasteiger partial charge in [0.15, 0.2) is 0 Å². The van der Waals surface area contributed by atoms with Crippen molar-refractivity contribution in [3.8, 4) is 16.1 Å². The Morgan fingerprint density at radius 2 is 1.44 bits per heavy atom. The zero-order valence-electron chi connectivity index (χ0n) is 18.6. The van der Waals surface area contributed by atoms with Crippen molar-refractivity contribution in [1.29, 1.82) is 0 Å². The molecular formula is C29H29NS2. The summed E-state index contributed by atoms with van der Waals surface area (Å²) < 4.78 is 2.38. The van der Waals surface area contributed by atoms with Crippen LogP contribution in [-0.4, -0.2) is 4.57 Å². The number of hydrogen-bond acceptors (Lipinski definition) is 2. The lowest BCUT2D eigenvalue weighted by Gasteiger charge is -2.10. The van der Waals surface area contributed by atoms with Gasteiger partial charge in [0.05, 0.1) is 11.0 Å². The van der Waals surface area contributed by atoms with Crippen molar-refractivity contribution < 1.29 is 0 Å². The average Bonchev–Trinajstić information content (AvgIpc) is 3.41. The first-order valence-corrected chi connectivity index (χ1v) is 13.1. The number of fused-ring (bicyclic) bond motifs is 3. The monoisotopic (exact) mass is 455 g/mol. The van der Waals surface area contributed by atoms with Crippen molar-refractivity contribution in [2.24, 2.45) is 0 Å². The van der Waals surface area contributed by atoms with E-state index in [1.807, 2.05) is 11.3 Å². The molecule has 3 aromatic carbocycles. The van der Waals surface area contributed by atoms with Crippen LogP contribution in [0.25, 0.3) is 37.9 Å². The fourth-order valence-electron chi connectivity index (χ4n) is 4.70. The molecule has 0 N–H and O–H groups in total. The molecule has 0 unspecified atom stereocenters. The van der Waals surface area contributed by atoms with Crippen molar-refractivity contribution in [3.63, 3.8) is 0 Å². The second-order valence-electron chi connectivity index (χ2n) is 8.45. The van der Waals surface area contributed by atoms with Gasteiger partial charge in [-0.05, 0) is 54.3 Å². The van der Waals surface area contributed by atoms with Crippen LogP contribution >= 0.6 is 24.0 Å². The fraction of sp³-hybridized carbons (Fsp3) is 0.241. The normalized spacial score (nSPS) is 11.6. The molecule has 32 heavy (non-hydrogen) atoms. The summed E-state index contributed by atoms with van der Waals surface area (Å²) >= 11 is 6.44. The highest BCUT2D eigenvalue weighted by molar-refractivity contribution is 7.79. The minimum Gasteiger partial charge on any atom is -0.309 e. The number of aromatic nitrogens is 1. The molecule has 0 saturated heterocycles. The van der Waals surface area contributed by atoms with Crippen molar-refractivity contribution in [2.45, 2.75) is 44.8 Å². The van der Waals surface area contributed by atoms with Crippen LogP contribution < -0.4 is 0 Å². The van der Waals surface area contributed by atoms with Gasteiger partial charge in [0.25, 0.3) is 0 Å². The van der Waals surface area contributed by atoms with Crippen LogP contribution in [0.2, 0.25) is 0 Å². The van der Waals surface area contributed by atoms with Gasteiger partial charge in [0.1, 0.15) is 0 Å². The van der Waals surface area contributed by atoms with Crippen LogP contribution in [-0.2, 0) is 12.2 Å². The molecular weight excluding hydrogens is 426 g/mol. The quantitative estimate of drug-likeness (QED) is 0.176. The van der Waals surface area contributed by atoms with Crippen LogP contribution in [0.4, 0.5) is 0 Å². The average molecular weight is 456 g/mol. The minimum absolute atomic E-state index is 0.812. The fourth-order valence-corrected chi connectivity index (χ4v) is 6.06. The van der Waals surface area contributed by atoms with Crippen LogP contribution in [0.3, 0.4) is 0 Å². The largest absolute Gasteiger partial charge is 0.309 e. The van der Waals surface area contributed by atoms with Gasteiger partial charge in [-0.3, -0.25) is 0 Å². The second kappa shape index (κ2) is 9.56. The Balaban J connectivity index is 1.53. The van der Waals surface area contributed by atoms with E-state index in [0.717, 1.165) is 12.2 Å². The third kappa shape index (κ3) is 4.00. The Labute approximate surface area is 200 Å². The Bertz CT molecular complexity index is 1290. The topological polar surface area (TPSA) is 4.93 Å². The molecule has 3 heteroatoms. The predicted molar refractivity (Wildman–Crippen MR) is 145 cm³/mol. The van der Waals surface area contributed by atoms with Gasteiger partial charge in [-0.15, -0.1) is 11.3 Å². The first-order chi connectivity index (χ1) is 15.8. The Morgan fingerprint density at radius 1 is 0.781 bits per heavy atom. The summed E-state index contributed by atoms with van der Waals surface area (Å²) in [7, 11) is 0. The zero-order chi connectivity index (χ0) is 21.9. The number of hydrogen-bond donors (Lipinski definition) is 1. The van der Waals surface area contributed by atoms with E-state index < -0.39 is 0 Å². The molecule has 0 saturated carbocycles. The number of thiol groups is 1. The molecule has 0 aliphatic carbocycles. The van der Waals surface area contributed by atoms with Crippen molar-refractivity contribution in [2.75, 3.05) is 0 Å².